The molecule has 0 unspecified atom stereocenters. The summed E-state index contributed by atoms with van der Waals surface area (Å²) in [6, 6.07) is 6.16. The van der Waals surface area contributed by atoms with Gasteiger partial charge in [0.15, 0.2) is 0 Å². The molecule has 1 aromatic carbocycles. The lowest BCUT2D eigenvalue weighted by Crippen LogP contribution is -2.24. The Kier molecular flexibility index (Phi) is 6.05. The second kappa shape index (κ2) is 8.06. The summed E-state index contributed by atoms with van der Waals surface area (Å²) in [5.41, 5.74) is 0.753. The highest BCUT2D eigenvalue weighted by Crippen LogP contribution is 2.11. The van der Waals surface area contributed by atoms with Crippen LogP contribution < -0.4 is 10.0 Å². The van der Waals surface area contributed by atoms with Gasteiger partial charge >= 0.3 is 5.82 Å². The molecule has 1 heterocycles. The van der Waals surface area contributed by atoms with Crippen LogP contribution in [0.2, 0.25) is 0 Å². The summed E-state index contributed by atoms with van der Waals surface area (Å²) >= 11 is 0. The molecule has 140 valence electrons. The third-order valence-electron chi connectivity index (χ3n) is 3.72. The number of nitrogens with zero attached hydrogens (tertiary/aromatic N) is 3. The first-order valence-corrected chi connectivity index (χ1v) is 9.18. The van der Waals surface area contributed by atoms with Crippen molar-refractivity contribution in [1.82, 2.24) is 19.6 Å². The molecule has 2 rings (SSSR count). The lowest BCUT2D eigenvalue weighted by molar-refractivity contribution is -0.389. The van der Waals surface area contributed by atoms with Crippen LogP contribution in [0.25, 0.3) is 0 Å². The van der Waals surface area contributed by atoms with E-state index in [4.69, 9.17) is 0 Å². The third kappa shape index (κ3) is 4.86. The van der Waals surface area contributed by atoms with Gasteiger partial charge in [0, 0.05) is 26.4 Å². The van der Waals surface area contributed by atoms with Gasteiger partial charge in [-0.2, -0.15) is 0 Å². The Bertz CT molecular complexity index is 905. The number of hydrogen-bond donors (Lipinski definition) is 2. The van der Waals surface area contributed by atoms with Gasteiger partial charge in [0.2, 0.25) is 21.8 Å². The van der Waals surface area contributed by atoms with Crippen LogP contribution in [-0.4, -0.2) is 35.8 Å². The molecule has 2 N–H and O–H groups in total. The van der Waals surface area contributed by atoms with Gasteiger partial charge in [-0.15, -0.1) is 0 Å². The van der Waals surface area contributed by atoms with Gasteiger partial charge in [0.1, 0.15) is 6.20 Å². The molecule has 0 radical (unpaired) electrons. The first kappa shape index (κ1) is 19.5. The van der Waals surface area contributed by atoms with Gasteiger partial charge in [0.05, 0.1) is 4.90 Å². The molecule has 0 saturated carbocycles. The molecule has 11 heteroatoms. The number of aryl methyl sites for hydroxylation is 2. The van der Waals surface area contributed by atoms with Crippen molar-refractivity contribution in [2.45, 2.75) is 31.3 Å². The summed E-state index contributed by atoms with van der Waals surface area (Å²) in [5, 5.41) is 13.4. The molecular weight excluding hydrogens is 362 g/mol. The van der Waals surface area contributed by atoms with Gasteiger partial charge in [-0.3, -0.25) is 4.79 Å². The van der Waals surface area contributed by atoms with Gasteiger partial charge < -0.3 is 20.0 Å². The number of hydrogen-bond acceptors (Lipinski definition) is 6. The maximum atomic E-state index is 11.9. The van der Waals surface area contributed by atoms with E-state index in [1.807, 2.05) is 0 Å². The van der Waals surface area contributed by atoms with E-state index in [0.717, 1.165) is 5.56 Å². The number of imidazole rings is 1. The van der Waals surface area contributed by atoms with Crippen molar-refractivity contribution in [3.05, 3.63) is 52.0 Å². The van der Waals surface area contributed by atoms with Crippen LogP contribution in [0.3, 0.4) is 0 Å². The van der Waals surface area contributed by atoms with Crippen molar-refractivity contribution in [3.8, 4) is 0 Å². The Hall–Kier alpha value is -2.79. The summed E-state index contributed by atoms with van der Waals surface area (Å²) in [6.45, 7) is 2.16. The number of carbonyl (C=O) groups excluding carboxylic acids is 1. The highest BCUT2D eigenvalue weighted by molar-refractivity contribution is 7.89. The van der Waals surface area contributed by atoms with Crippen LogP contribution in [0, 0.1) is 17.0 Å². The Morgan fingerprint density at radius 1 is 1.31 bits per heavy atom. The zero-order valence-corrected chi connectivity index (χ0v) is 15.1. The molecular formula is C15H19N5O5S. The summed E-state index contributed by atoms with van der Waals surface area (Å²) in [6.07, 6.45) is 1.43. The molecule has 2 aromatic rings. The molecule has 0 atom stereocenters. The predicted molar refractivity (Wildman–Crippen MR) is 92.8 cm³/mol. The van der Waals surface area contributed by atoms with E-state index in [0.29, 0.717) is 5.82 Å². The molecule has 0 aliphatic rings. The number of amides is 1. The fourth-order valence-corrected chi connectivity index (χ4v) is 2.95. The Morgan fingerprint density at radius 3 is 2.50 bits per heavy atom. The number of rotatable bonds is 8. The van der Waals surface area contributed by atoms with Crippen LogP contribution in [0.15, 0.2) is 35.4 Å². The molecule has 1 amide bonds. The van der Waals surface area contributed by atoms with E-state index >= 15 is 0 Å². The molecule has 0 bridgehead atoms. The highest BCUT2D eigenvalue weighted by Gasteiger charge is 2.15. The zero-order chi connectivity index (χ0) is 19.3. The van der Waals surface area contributed by atoms with E-state index in [1.54, 1.807) is 23.6 Å². The number of benzene rings is 1. The quantitative estimate of drug-likeness (QED) is 0.510. The zero-order valence-electron chi connectivity index (χ0n) is 14.3. The monoisotopic (exact) mass is 381 g/mol. The smallest absolute Gasteiger partial charge is 0.358 e. The fraction of sp³-hybridized carbons (Fsp3) is 0.333. The molecule has 26 heavy (non-hydrogen) atoms. The summed E-state index contributed by atoms with van der Waals surface area (Å²) in [7, 11) is -2.15. The second-order valence-electron chi connectivity index (χ2n) is 5.48. The SMILES string of the molecule is CNS(=O)(=O)c1ccc(CNC(=O)CCn2cc([N+](=O)[O-])nc2C)cc1. The van der Waals surface area contributed by atoms with Crippen molar-refractivity contribution in [3.63, 3.8) is 0 Å². The first-order valence-electron chi connectivity index (χ1n) is 7.70. The first-order chi connectivity index (χ1) is 12.2. The minimum atomic E-state index is -3.49. The predicted octanol–water partition coefficient (Wildman–Crippen LogP) is 0.714. The largest absolute Gasteiger partial charge is 0.381 e. The van der Waals surface area contributed by atoms with Crippen LogP contribution in [-0.2, 0) is 27.9 Å². The minimum absolute atomic E-state index is 0.139. The van der Waals surface area contributed by atoms with E-state index in [-0.39, 0.29) is 36.1 Å². The van der Waals surface area contributed by atoms with E-state index in [2.05, 4.69) is 15.0 Å². The van der Waals surface area contributed by atoms with Gasteiger partial charge in [-0.05, 0) is 34.7 Å². The van der Waals surface area contributed by atoms with E-state index in [1.165, 1.54) is 25.4 Å². The molecule has 0 aliphatic heterocycles. The van der Waals surface area contributed by atoms with E-state index < -0.39 is 14.9 Å². The van der Waals surface area contributed by atoms with Crippen LogP contribution in [0.5, 0.6) is 0 Å². The molecule has 0 saturated heterocycles. The summed E-state index contributed by atoms with van der Waals surface area (Å²) in [5.74, 6) is -0.0157. The normalized spacial score (nSPS) is 11.3. The average molecular weight is 381 g/mol. The lowest BCUT2D eigenvalue weighted by Gasteiger charge is -2.07. The number of nitrogens with one attached hydrogen (secondary N) is 2. The Balaban J connectivity index is 1.86. The molecule has 0 spiro atoms. The molecule has 0 fully saturated rings. The fourth-order valence-electron chi connectivity index (χ4n) is 2.22. The van der Waals surface area contributed by atoms with Crippen LogP contribution in [0.1, 0.15) is 17.8 Å². The second-order valence-corrected chi connectivity index (χ2v) is 7.36. The van der Waals surface area contributed by atoms with Crippen molar-refractivity contribution in [2.24, 2.45) is 0 Å². The number of carbonyl (C=O) groups is 1. The molecule has 10 nitrogen and oxygen atoms in total. The Labute approximate surface area is 150 Å². The maximum absolute atomic E-state index is 11.9. The number of aromatic nitrogens is 2. The van der Waals surface area contributed by atoms with Crippen molar-refractivity contribution < 1.29 is 18.1 Å². The van der Waals surface area contributed by atoms with Gasteiger partial charge in [-0.25, -0.2) is 13.1 Å². The summed E-state index contributed by atoms with van der Waals surface area (Å²) < 4.78 is 27.1. The topological polar surface area (TPSA) is 136 Å². The van der Waals surface area contributed by atoms with Crippen molar-refractivity contribution in [2.75, 3.05) is 7.05 Å². The number of sulfonamides is 1. The highest BCUT2D eigenvalue weighted by atomic mass is 32.2. The summed E-state index contributed by atoms with van der Waals surface area (Å²) in [4.78, 5) is 26.0. The average Bonchev–Trinajstić information content (AvgIpc) is 2.99. The number of nitro groups is 1. The third-order valence-corrected chi connectivity index (χ3v) is 5.15. The molecule has 0 aliphatic carbocycles. The van der Waals surface area contributed by atoms with Crippen LogP contribution in [0.4, 0.5) is 5.82 Å². The van der Waals surface area contributed by atoms with Gasteiger partial charge in [0.25, 0.3) is 0 Å². The van der Waals surface area contributed by atoms with Crippen molar-refractivity contribution in [1.29, 1.82) is 0 Å². The van der Waals surface area contributed by atoms with Crippen molar-refractivity contribution >= 4 is 21.7 Å². The standard InChI is InChI=1S/C15H19N5O5S/c1-11-18-14(20(22)23)10-19(11)8-7-15(21)17-9-12-3-5-13(6-4-12)26(24,25)16-2/h3-6,10,16H,7-9H2,1-2H3,(H,17,21). The van der Waals surface area contributed by atoms with Gasteiger partial charge in [-0.1, -0.05) is 12.1 Å². The minimum Gasteiger partial charge on any atom is -0.358 e. The Morgan fingerprint density at radius 2 is 1.96 bits per heavy atom. The molecule has 1 aromatic heterocycles. The van der Waals surface area contributed by atoms with Crippen LogP contribution >= 0.6 is 0 Å². The lowest BCUT2D eigenvalue weighted by atomic mass is 10.2. The maximum Gasteiger partial charge on any atom is 0.381 e. The van der Waals surface area contributed by atoms with E-state index in [9.17, 15) is 23.3 Å².